The van der Waals surface area contributed by atoms with Crippen molar-refractivity contribution in [3.8, 4) is 0 Å². The van der Waals surface area contributed by atoms with Crippen LogP contribution in [0.15, 0.2) is 97.1 Å². The smallest absolute Gasteiger partial charge is 0.333 e. The van der Waals surface area contributed by atoms with Gasteiger partial charge in [-0.25, -0.2) is 16.9 Å². The Balaban J connectivity index is 0.000000509. The van der Waals surface area contributed by atoms with Gasteiger partial charge in [-0.3, -0.25) is 9.69 Å². The van der Waals surface area contributed by atoms with Crippen LogP contribution in [0.4, 0.5) is 0 Å². The summed E-state index contributed by atoms with van der Waals surface area (Å²) >= 11 is 0. The van der Waals surface area contributed by atoms with E-state index >= 15 is 0 Å². The summed E-state index contributed by atoms with van der Waals surface area (Å²) in [6.45, 7) is 7.43. The molecule has 2 atom stereocenters. The summed E-state index contributed by atoms with van der Waals surface area (Å²) in [5, 5.41) is 2.26. The molecule has 0 unspecified atom stereocenters. The fourth-order valence-corrected chi connectivity index (χ4v) is 4.33. The molecule has 1 amide bonds. The van der Waals surface area contributed by atoms with E-state index in [0.717, 1.165) is 21.9 Å². The average molecular weight is 509 g/mol. The molecule has 5 rings (SSSR count). The van der Waals surface area contributed by atoms with E-state index in [4.69, 9.17) is 4.74 Å². The largest absolute Gasteiger partial charge is 0.748 e. The van der Waals surface area contributed by atoms with Gasteiger partial charge in [0, 0.05) is 28.9 Å². The van der Waals surface area contributed by atoms with Crippen LogP contribution in [0.1, 0.15) is 45.0 Å². The van der Waals surface area contributed by atoms with Gasteiger partial charge in [0.1, 0.15) is 5.54 Å². The fourth-order valence-electron chi connectivity index (χ4n) is 4.33. The van der Waals surface area contributed by atoms with Gasteiger partial charge < -0.3 is 35.1 Å². The maximum absolute atomic E-state index is 13.4. The Hall–Kier alpha value is -3.14. The Bertz CT molecular complexity index is 1240. The predicted molar refractivity (Wildman–Crippen MR) is 135 cm³/mol. The van der Waals surface area contributed by atoms with Crippen molar-refractivity contribution >= 4 is 22.6 Å². The van der Waals surface area contributed by atoms with Gasteiger partial charge in [0.2, 0.25) is 5.91 Å². The predicted octanol–water partition coefficient (Wildman–Crippen LogP) is 6.39. The second kappa shape index (κ2) is 10.6. The van der Waals surface area contributed by atoms with Crippen LogP contribution in [0.25, 0.3) is 10.8 Å². The van der Waals surface area contributed by atoms with Gasteiger partial charge >= 0.3 is 5.97 Å². The summed E-state index contributed by atoms with van der Waals surface area (Å²) in [6.07, 6.45) is -0.301. The first kappa shape index (κ1) is 26.5. The van der Waals surface area contributed by atoms with Crippen molar-refractivity contribution in [2.24, 2.45) is 5.41 Å². The van der Waals surface area contributed by atoms with Crippen LogP contribution in [0.2, 0.25) is 0 Å². The molecule has 4 aromatic carbocycles. The number of benzene rings is 2. The Labute approximate surface area is 218 Å². The molecule has 0 aromatic heterocycles. The summed E-state index contributed by atoms with van der Waals surface area (Å²) in [5.74, 6) is -0.465. The summed E-state index contributed by atoms with van der Waals surface area (Å²) in [6, 6.07) is 31.9. The van der Waals surface area contributed by atoms with Crippen molar-refractivity contribution in [1.82, 2.24) is 4.90 Å². The Kier molecular flexibility index (Phi) is 8.04. The molecule has 1 aliphatic rings. The van der Waals surface area contributed by atoms with Crippen molar-refractivity contribution in [3.63, 3.8) is 0 Å². The molecule has 188 valence electrons. The van der Waals surface area contributed by atoms with Crippen molar-refractivity contribution in [1.29, 1.82) is 0 Å². The molecule has 5 heteroatoms. The Morgan fingerprint density at radius 3 is 2.11 bits per heavy atom. The standard InChI is InChI=1S/C25H26NO3.C5H5.Fe/c1-24(2,3)22(27)26-21(19-10-6-7-11-19)29-23(28)25(26,4)16-17-13-14-18-9-5-8-12-20(18)15-17;1-2-4-5-3-1;/h5-15,21H,16H2,1-4H3;1-5H;/q-1;-5;/t21-,25+;;/m0../s1. The molecule has 0 N–H and O–H groups in total. The van der Waals surface area contributed by atoms with E-state index in [1.807, 2.05) is 100 Å². The zero-order chi connectivity index (χ0) is 24.3. The number of nitrogens with zero attached hydrogens (tertiary/aromatic N) is 1. The minimum Gasteiger partial charge on any atom is -0.748 e. The van der Waals surface area contributed by atoms with Crippen LogP contribution in [-0.2, 0) is 37.8 Å². The summed E-state index contributed by atoms with van der Waals surface area (Å²) in [5.41, 5.74) is 0.106. The SMILES string of the molecule is CC(C)(C)C(=O)N1[C@H]([c-]2cccc2)OC(=O)[C@@]1(C)Cc1ccc2ccccc2c1.[Fe].[cH-]1[cH-][cH-][cH-][cH-]1. The number of hydrogen-bond donors (Lipinski definition) is 0. The number of amides is 1. The number of carbonyl (C=O) groups excluding carboxylic acids is 2. The minimum atomic E-state index is -1.07. The molecule has 1 heterocycles. The number of carbonyl (C=O) groups is 2. The maximum Gasteiger partial charge on any atom is 0.333 e. The van der Waals surface area contributed by atoms with Crippen LogP contribution in [-0.4, -0.2) is 22.3 Å². The van der Waals surface area contributed by atoms with E-state index in [0.29, 0.717) is 6.42 Å². The van der Waals surface area contributed by atoms with Crippen LogP contribution in [0, 0.1) is 5.41 Å². The van der Waals surface area contributed by atoms with E-state index in [2.05, 4.69) is 24.3 Å². The summed E-state index contributed by atoms with van der Waals surface area (Å²) in [7, 11) is 0. The van der Waals surface area contributed by atoms with Gasteiger partial charge in [-0.15, -0.1) is 0 Å². The van der Waals surface area contributed by atoms with Gasteiger partial charge in [0.05, 0.1) is 0 Å². The van der Waals surface area contributed by atoms with E-state index in [9.17, 15) is 9.59 Å². The van der Waals surface area contributed by atoms with Crippen molar-refractivity contribution in [2.45, 2.75) is 45.9 Å². The minimum absolute atomic E-state index is 0. The quantitative estimate of drug-likeness (QED) is 0.183. The second-order valence-corrected chi connectivity index (χ2v) is 10.00. The molecule has 0 saturated carbocycles. The number of ether oxygens (including phenoxy) is 1. The fraction of sp³-hybridized carbons (Fsp3) is 0.267. The first-order valence-electron chi connectivity index (χ1n) is 11.6. The third kappa shape index (κ3) is 5.58. The zero-order valence-corrected chi connectivity index (χ0v) is 21.7. The van der Waals surface area contributed by atoms with Gasteiger partial charge in [0.25, 0.3) is 0 Å². The average Bonchev–Trinajstić information content (AvgIpc) is 3.57. The zero-order valence-electron chi connectivity index (χ0n) is 20.5. The molecule has 0 radical (unpaired) electrons. The van der Waals surface area contributed by atoms with Crippen LogP contribution in [0.5, 0.6) is 0 Å². The normalized spacial score (nSPS) is 19.5. The molecule has 1 aliphatic heterocycles. The van der Waals surface area contributed by atoms with E-state index in [-0.39, 0.29) is 28.9 Å². The third-order valence-electron chi connectivity index (χ3n) is 6.18. The molecular formula is C30H31FeNO3-6. The topological polar surface area (TPSA) is 46.6 Å². The number of esters is 1. The van der Waals surface area contributed by atoms with Gasteiger partial charge in [-0.2, -0.15) is 12.1 Å². The number of hydrogen-bond acceptors (Lipinski definition) is 3. The van der Waals surface area contributed by atoms with Crippen LogP contribution in [0.3, 0.4) is 0 Å². The molecule has 4 nitrogen and oxygen atoms in total. The molecule has 4 aromatic rings. The van der Waals surface area contributed by atoms with Crippen LogP contribution >= 0.6 is 0 Å². The van der Waals surface area contributed by atoms with E-state index in [1.165, 1.54) is 0 Å². The number of cyclic esters (lactones) is 1. The second-order valence-electron chi connectivity index (χ2n) is 10.00. The van der Waals surface area contributed by atoms with Crippen molar-refractivity contribution in [3.05, 3.63) is 108 Å². The molecule has 0 spiro atoms. The monoisotopic (exact) mass is 509 g/mol. The summed E-state index contributed by atoms with van der Waals surface area (Å²) in [4.78, 5) is 28.2. The number of fused-ring (bicyclic) bond motifs is 1. The van der Waals surface area contributed by atoms with Crippen molar-refractivity contribution < 1.29 is 31.4 Å². The van der Waals surface area contributed by atoms with Crippen LogP contribution < -0.4 is 0 Å². The van der Waals surface area contributed by atoms with Gasteiger partial charge in [0.15, 0.2) is 6.23 Å². The summed E-state index contributed by atoms with van der Waals surface area (Å²) < 4.78 is 5.78. The molecule has 1 saturated heterocycles. The Morgan fingerprint density at radius 2 is 1.54 bits per heavy atom. The van der Waals surface area contributed by atoms with Gasteiger partial charge in [-0.05, 0) is 23.3 Å². The molecular weight excluding hydrogens is 478 g/mol. The first-order valence-corrected chi connectivity index (χ1v) is 11.6. The molecule has 1 fully saturated rings. The molecule has 35 heavy (non-hydrogen) atoms. The van der Waals surface area contributed by atoms with E-state index < -0.39 is 17.2 Å². The van der Waals surface area contributed by atoms with Crippen molar-refractivity contribution in [2.75, 3.05) is 0 Å². The maximum atomic E-state index is 13.4. The first-order chi connectivity index (χ1) is 16.2. The molecule has 0 bridgehead atoms. The molecule has 0 aliphatic carbocycles. The third-order valence-corrected chi connectivity index (χ3v) is 6.18. The van der Waals surface area contributed by atoms with E-state index in [1.54, 1.807) is 4.90 Å². The Morgan fingerprint density at radius 1 is 0.971 bits per heavy atom. The van der Waals surface area contributed by atoms with Gasteiger partial charge in [-0.1, -0.05) is 68.8 Å². The number of rotatable bonds is 3.